The van der Waals surface area contributed by atoms with Crippen LogP contribution in [-0.2, 0) is 32.7 Å². The van der Waals surface area contributed by atoms with Gasteiger partial charge in [-0.25, -0.2) is 9.36 Å². The van der Waals surface area contributed by atoms with E-state index >= 15 is 0 Å². The van der Waals surface area contributed by atoms with Crippen LogP contribution >= 0.6 is 7.82 Å². The number of carboxylic acid groups (broad SMARTS) is 1. The van der Waals surface area contributed by atoms with E-state index in [4.69, 9.17) is 13.8 Å². The van der Waals surface area contributed by atoms with Gasteiger partial charge >= 0.3 is 19.8 Å². The van der Waals surface area contributed by atoms with E-state index < -0.39 is 57.6 Å². The van der Waals surface area contributed by atoms with Crippen LogP contribution in [0.15, 0.2) is 24.3 Å². The van der Waals surface area contributed by atoms with E-state index in [1.807, 2.05) is 0 Å². The fourth-order valence-electron chi connectivity index (χ4n) is 4.11. The van der Waals surface area contributed by atoms with Gasteiger partial charge in [0, 0.05) is 12.8 Å². The summed E-state index contributed by atoms with van der Waals surface area (Å²) in [6, 6.07) is -1.55. The molecule has 0 radical (unpaired) electrons. The van der Waals surface area contributed by atoms with E-state index in [9.17, 15) is 34.1 Å². The van der Waals surface area contributed by atoms with Crippen LogP contribution in [0, 0.1) is 0 Å². The molecular formula is C32H58NO10P. The third kappa shape index (κ3) is 27.5. The lowest BCUT2D eigenvalue weighted by Crippen LogP contribution is -2.43. The highest BCUT2D eigenvalue weighted by molar-refractivity contribution is 7.47. The van der Waals surface area contributed by atoms with Crippen molar-refractivity contribution in [2.75, 3.05) is 19.8 Å². The highest BCUT2D eigenvalue weighted by Gasteiger charge is 2.28. The van der Waals surface area contributed by atoms with E-state index in [-0.39, 0.29) is 12.8 Å². The molecule has 0 aromatic carbocycles. The molecule has 44 heavy (non-hydrogen) atoms. The molecule has 11 nitrogen and oxygen atoms in total. The maximum atomic E-state index is 12.2. The number of phosphoric ester groups is 1. The van der Waals surface area contributed by atoms with E-state index in [2.05, 4.69) is 43.5 Å². The number of aliphatic hydroxyl groups excluding tert-OH is 1. The fourth-order valence-corrected chi connectivity index (χ4v) is 4.89. The quantitative estimate of drug-likeness (QED) is 0.0283. The van der Waals surface area contributed by atoms with Gasteiger partial charge in [0.15, 0.2) is 6.04 Å². The van der Waals surface area contributed by atoms with Crippen molar-refractivity contribution in [3.05, 3.63) is 24.3 Å². The molecule has 0 spiro atoms. The van der Waals surface area contributed by atoms with Gasteiger partial charge < -0.3 is 25.2 Å². The molecule has 0 bridgehead atoms. The Labute approximate surface area is 264 Å². The number of carbonyl (C=O) groups excluding carboxylic acids is 2. The Morgan fingerprint density at radius 2 is 1.30 bits per heavy atom. The molecule has 0 rings (SSSR count). The second-order valence-corrected chi connectivity index (χ2v) is 12.5. The smallest absolute Gasteiger partial charge is 0.472 e. The summed E-state index contributed by atoms with van der Waals surface area (Å²) in [5.41, 5.74) is 0. The number of phosphoric acid groups is 1. The van der Waals surface area contributed by atoms with Crippen LogP contribution in [0.1, 0.15) is 129 Å². The van der Waals surface area contributed by atoms with Crippen molar-refractivity contribution in [1.29, 1.82) is 0 Å². The SMILES string of the molecule is CCC/C=C\C/C=C\CCCCCCCC(=O)NC(COP(=O)(O)OCC(O)COC(=O)CCCCCCCCC)C(=O)O. The molecule has 0 aliphatic rings. The van der Waals surface area contributed by atoms with Gasteiger partial charge in [0.05, 0.1) is 13.2 Å². The minimum Gasteiger partial charge on any atom is -0.480 e. The number of ether oxygens (including phenoxy) is 1. The molecule has 0 aliphatic carbocycles. The molecule has 0 fully saturated rings. The summed E-state index contributed by atoms with van der Waals surface area (Å²) in [4.78, 5) is 45.3. The average Bonchev–Trinajstić information content (AvgIpc) is 2.98. The molecule has 0 aliphatic heterocycles. The van der Waals surface area contributed by atoms with E-state index in [0.717, 1.165) is 70.6 Å². The number of hydrogen-bond donors (Lipinski definition) is 4. The molecule has 3 unspecified atom stereocenters. The minimum absolute atomic E-state index is 0.130. The van der Waals surface area contributed by atoms with Gasteiger partial charge in [-0.1, -0.05) is 102 Å². The lowest BCUT2D eigenvalue weighted by atomic mass is 10.1. The molecule has 12 heteroatoms. The van der Waals surface area contributed by atoms with E-state index in [1.165, 1.54) is 19.3 Å². The summed E-state index contributed by atoms with van der Waals surface area (Å²) in [5.74, 6) is -2.40. The molecule has 0 aromatic rings. The van der Waals surface area contributed by atoms with Gasteiger partial charge in [-0.3, -0.25) is 18.6 Å². The number of allylic oxidation sites excluding steroid dienone is 4. The van der Waals surface area contributed by atoms with Crippen molar-refractivity contribution in [3.63, 3.8) is 0 Å². The summed E-state index contributed by atoms with van der Waals surface area (Å²) in [6.07, 6.45) is 23.9. The second kappa shape index (κ2) is 28.4. The van der Waals surface area contributed by atoms with Crippen molar-refractivity contribution in [2.24, 2.45) is 0 Å². The van der Waals surface area contributed by atoms with Gasteiger partial charge in [0.2, 0.25) is 5.91 Å². The summed E-state index contributed by atoms with van der Waals surface area (Å²) in [6.45, 7) is 2.41. The number of carbonyl (C=O) groups is 3. The third-order valence-electron chi connectivity index (χ3n) is 6.72. The summed E-state index contributed by atoms with van der Waals surface area (Å²) >= 11 is 0. The molecule has 0 heterocycles. The first kappa shape index (κ1) is 42.0. The van der Waals surface area contributed by atoms with Crippen molar-refractivity contribution < 1.29 is 47.8 Å². The summed E-state index contributed by atoms with van der Waals surface area (Å²) in [5, 5.41) is 21.6. The van der Waals surface area contributed by atoms with Crippen molar-refractivity contribution in [2.45, 2.75) is 142 Å². The van der Waals surface area contributed by atoms with E-state index in [0.29, 0.717) is 12.8 Å². The van der Waals surface area contributed by atoms with Crippen molar-refractivity contribution in [1.82, 2.24) is 5.32 Å². The molecular weight excluding hydrogens is 589 g/mol. The molecule has 0 aromatic heterocycles. The van der Waals surface area contributed by atoms with Crippen LogP contribution < -0.4 is 5.32 Å². The normalized spacial score (nSPS) is 14.5. The largest absolute Gasteiger partial charge is 0.480 e. The van der Waals surface area contributed by atoms with Gasteiger partial charge in [0.1, 0.15) is 12.7 Å². The number of amides is 1. The minimum atomic E-state index is -4.74. The molecule has 1 amide bonds. The maximum absolute atomic E-state index is 12.2. The Hall–Kier alpha value is -2.04. The third-order valence-corrected chi connectivity index (χ3v) is 7.68. The van der Waals surface area contributed by atoms with Crippen molar-refractivity contribution in [3.8, 4) is 0 Å². The number of rotatable bonds is 30. The number of nitrogens with one attached hydrogen (secondary N) is 1. The average molecular weight is 648 g/mol. The molecule has 0 saturated heterocycles. The van der Waals surface area contributed by atoms with Crippen molar-refractivity contribution >= 4 is 25.7 Å². The summed E-state index contributed by atoms with van der Waals surface area (Å²) < 4.78 is 26.5. The molecule has 3 atom stereocenters. The Morgan fingerprint density at radius 1 is 0.727 bits per heavy atom. The predicted molar refractivity (Wildman–Crippen MR) is 171 cm³/mol. The molecule has 256 valence electrons. The predicted octanol–water partition coefficient (Wildman–Crippen LogP) is 6.77. The zero-order valence-electron chi connectivity index (χ0n) is 27.0. The highest BCUT2D eigenvalue weighted by atomic mass is 31.2. The van der Waals surface area contributed by atoms with Gasteiger partial charge in [0.25, 0.3) is 0 Å². The van der Waals surface area contributed by atoms with Gasteiger partial charge in [-0.05, 0) is 38.5 Å². The first-order valence-electron chi connectivity index (χ1n) is 16.4. The van der Waals surface area contributed by atoms with Gasteiger partial charge in [-0.15, -0.1) is 0 Å². The van der Waals surface area contributed by atoms with Crippen LogP contribution in [0.25, 0.3) is 0 Å². The van der Waals surface area contributed by atoms with Crippen LogP contribution in [0.4, 0.5) is 0 Å². The fraction of sp³-hybridized carbons (Fsp3) is 0.781. The standard InChI is InChI=1S/C32H58NO10P/c1-3-5-7-9-11-12-13-14-15-16-18-19-21-23-30(35)33-29(32(37)38)27-43-44(39,40)42-26-28(34)25-41-31(36)24-22-20-17-10-8-6-4-2/h7,9,12-13,28-29,34H,3-6,8,10-11,14-27H2,1-2H3,(H,33,35)(H,37,38)(H,39,40)/b9-7-,13-12-. The number of unbranched alkanes of at least 4 members (excludes halogenated alkanes) is 12. The molecule has 4 N–H and O–H groups in total. The lowest BCUT2D eigenvalue weighted by molar-refractivity contribution is -0.147. The maximum Gasteiger partial charge on any atom is 0.472 e. The molecule has 0 saturated carbocycles. The van der Waals surface area contributed by atoms with Crippen LogP contribution in [0.3, 0.4) is 0 Å². The van der Waals surface area contributed by atoms with E-state index in [1.54, 1.807) is 0 Å². The van der Waals surface area contributed by atoms with Gasteiger partial charge in [-0.2, -0.15) is 0 Å². The highest BCUT2D eigenvalue weighted by Crippen LogP contribution is 2.43. The Bertz CT molecular complexity index is 864. The second-order valence-electron chi connectivity index (χ2n) is 11.0. The Morgan fingerprint density at radius 3 is 1.93 bits per heavy atom. The topological polar surface area (TPSA) is 169 Å². The Kier molecular flexibility index (Phi) is 27.1. The monoisotopic (exact) mass is 647 g/mol. The number of hydrogen-bond acceptors (Lipinski definition) is 8. The number of esters is 1. The first-order chi connectivity index (χ1) is 21.1. The zero-order chi connectivity index (χ0) is 32.9. The lowest BCUT2D eigenvalue weighted by Gasteiger charge is -2.18. The van der Waals surface area contributed by atoms with Crippen LogP contribution in [0.5, 0.6) is 0 Å². The zero-order valence-corrected chi connectivity index (χ0v) is 27.9. The van der Waals surface area contributed by atoms with Crippen LogP contribution in [0.2, 0.25) is 0 Å². The first-order valence-corrected chi connectivity index (χ1v) is 17.9. The summed E-state index contributed by atoms with van der Waals surface area (Å²) in [7, 11) is -4.74. The Balaban J connectivity index is 4.08. The number of carboxylic acids is 1. The van der Waals surface area contributed by atoms with Crippen LogP contribution in [-0.4, -0.2) is 64.9 Å². The number of aliphatic carboxylic acids is 1. The number of aliphatic hydroxyl groups is 1.